The Bertz CT molecular complexity index is 504. The molecule has 2 rings (SSSR count). The van der Waals surface area contributed by atoms with Crippen LogP contribution in [0.1, 0.15) is 37.2 Å². The maximum absolute atomic E-state index is 12.5. The molecule has 0 saturated carbocycles. The van der Waals surface area contributed by atoms with Crippen LogP contribution in [0.2, 0.25) is 0 Å². The van der Waals surface area contributed by atoms with Crippen molar-refractivity contribution in [2.75, 3.05) is 44.2 Å². The molecule has 1 aromatic heterocycles. The summed E-state index contributed by atoms with van der Waals surface area (Å²) in [5.74, 6) is 0.00558. The van der Waals surface area contributed by atoms with Gasteiger partial charge < -0.3 is 14.7 Å². The zero-order valence-corrected chi connectivity index (χ0v) is 14.1. The van der Waals surface area contributed by atoms with Gasteiger partial charge in [-0.2, -0.15) is 0 Å². The van der Waals surface area contributed by atoms with E-state index >= 15 is 0 Å². The van der Waals surface area contributed by atoms with Gasteiger partial charge in [-0.3, -0.25) is 9.59 Å². The van der Waals surface area contributed by atoms with E-state index in [4.69, 9.17) is 0 Å². The van der Waals surface area contributed by atoms with Crippen LogP contribution in [0.4, 0.5) is 5.69 Å². The normalized spacial score (nSPS) is 14.7. The van der Waals surface area contributed by atoms with Crippen LogP contribution in [-0.4, -0.2) is 66.4 Å². The first-order valence-corrected chi connectivity index (χ1v) is 8.39. The number of rotatable bonds is 7. The van der Waals surface area contributed by atoms with E-state index in [1.165, 1.54) is 0 Å². The van der Waals surface area contributed by atoms with Crippen molar-refractivity contribution in [1.82, 2.24) is 14.8 Å². The third-order valence-electron chi connectivity index (χ3n) is 4.07. The average molecular weight is 318 g/mol. The Balaban J connectivity index is 2.01. The number of carbonyl (C=O) groups is 2. The molecule has 1 saturated heterocycles. The topological polar surface area (TPSA) is 56.8 Å². The molecule has 1 aliphatic heterocycles. The fraction of sp³-hybridized carbons (Fsp3) is 0.588. The fourth-order valence-electron chi connectivity index (χ4n) is 2.80. The van der Waals surface area contributed by atoms with Gasteiger partial charge in [0.25, 0.3) is 5.91 Å². The highest BCUT2D eigenvalue weighted by Crippen LogP contribution is 2.16. The summed E-state index contributed by atoms with van der Waals surface area (Å²) in [5.41, 5.74) is 1.51. The molecule has 1 fully saturated rings. The smallest absolute Gasteiger partial charge is 0.272 e. The van der Waals surface area contributed by atoms with Crippen LogP contribution in [0, 0.1) is 0 Å². The minimum atomic E-state index is 0.00558. The van der Waals surface area contributed by atoms with Crippen molar-refractivity contribution in [2.24, 2.45) is 0 Å². The lowest BCUT2D eigenvalue weighted by Crippen LogP contribution is -2.45. The van der Waals surface area contributed by atoms with E-state index < -0.39 is 0 Å². The number of carbonyl (C=O) groups excluding carboxylic acids is 2. The Kier molecular flexibility index (Phi) is 6.38. The van der Waals surface area contributed by atoms with E-state index in [0.29, 0.717) is 5.69 Å². The van der Waals surface area contributed by atoms with Crippen molar-refractivity contribution in [1.29, 1.82) is 0 Å². The molecule has 0 radical (unpaired) electrons. The summed E-state index contributed by atoms with van der Waals surface area (Å²) in [6.07, 6.45) is 4.56. The molecule has 126 valence electrons. The molecule has 0 bridgehead atoms. The number of pyridine rings is 1. The number of hydrogen-bond donors (Lipinski definition) is 0. The van der Waals surface area contributed by atoms with E-state index in [0.717, 1.165) is 64.2 Å². The molecule has 0 aliphatic carbocycles. The van der Waals surface area contributed by atoms with Gasteiger partial charge in [0.1, 0.15) is 5.69 Å². The second-order valence-electron chi connectivity index (χ2n) is 5.82. The van der Waals surface area contributed by atoms with Crippen molar-refractivity contribution >= 4 is 18.0 Å². The highest BCUT2D eigenvalue weighted by molar-refractivity contribution is 5.92. The molecule has 1 aromatic rings. The summed E-state index contributed by atoms with van der Waals surface area (Å²) >= 11 is 0. The molecule has 2 heterocycles. The number of amides is 2. The number of anilines is 1. The first-order valence-electron chi connectivity index (χ1n) is 8.39. The molecule has 0 spiro atoms. The van der Waals surface area contributed by atoms with E-state index in [2.05, 4.69) is 23.7 Å². The first kappa shape index (κ1) is 17.2. The quantitative estimate of drug-likeness (QED) is 0.717. The van der Waals surface area contributed by atoms with Crippen LogP contribution in [0.25, 0.3) is 0 Å². The molecular weight excluding hydrogens is 292 g/mol. The molecule has 6 nitrogen and oxygen atoms in total. The van der Waals surface area contributed by atoms with Gasteiger partial charge in [-0.15, -0.1) is 0 Å². The summed E-state index contributed by atoms with van der Waals surface area (Å²) in [4.78, 5) is 33.4. The molecule has 0 N–H and O–H groups in total. The van der Waals surface area contributed by atoms with Crippen molar-refractivity contribution in [3.8, 4) is 0 Å². The highest BCUT2D eigenvalue weighted by Gasteiger charge is 2.18. The van der Waals surface area contributed by atoms with Gasteiger partial charge in [0.2, 0.25) is 6.41 Å². The monoisotopic (exact) mass is 318 g/mol. The predicted octanol–water partition coefficient (Wildman–Crippen LogP) is 1.62. The number of aromatic nitrogens is 1. The summed E-state index contributed by atoms with van der Waals surface area (Å²) in [6.45, 7) is 8.73. The standard InChI is InChI=1S/C17H26N4O2/c1-3-7-21(8-4-2)17(23)16-6-5-15(13-18-16)20-11-9-19(14-22)10-12-20/h5-6,13-14H,3-4,7-12H2,1-2H3. The maximum atomic E-state index is 12.5. The average Bonchev–Trinajstić information content (AvgIpc) is 2.61. The SMILES string of the molecule is CCCN(CCC)C(=O)c1ccc(N2CCN(C=O)CC2)cn1. The van der Waals surface area contributed by atoms with E-state index in [-0.39, 0.29) is 5.91 Å². The van der Waals surface area contributed by atoms with Crippen molar-refractivity contribution < 1.29 is 9.59 Å². The Labute approximate surface area is 138 Å². The molecular formula is C17H26N4O2. The number of nitrogens with zero attached hydrogens (tertiary/aromatic N) is 4. The van der Waals surface area contributed by atoms with Crippen LogP contribution < -0.4 is 4.90 Å². The largest absolute Gasteiger partial charge is 0.367 e. The van der Waals surface area contributed by atoms with Crippen LogP contribution in [0.3, 0.4) is 0 Å². The van der Waals surface area contributed by atoms with Gasteiger partial charge in [0.15, 0.2) is 0 Å². The van der Waals surface area contributed by atoms with Crippen molar-refractivity contribution in [3.05, 3.63) is 24.0 Å². The predicted molar refractivity (Wildman–Crippen MR) is 90.6 cm³/mol. The number of piperazine rings is 1. The van der Waals surface area contributed by atoms with Gasteiger partial charge in [-0.1, -0.05) is 13.8 Å². The molecule has 0 aromatic carbocycles. The third-order valence-corrected chi connectivity index (χ3v) is 4.07. The molecule has 6 heteroatoms. The van der Waals surface area contributed by atoms with Crippen molar-refractivity contribution in [3.63, 3.8) is 0 Å². The summed E-state index contributed by atoms with van der Waals surface area (Å²) in [6, 6.07) is 3.76. The van der Waals surface area contributed by atoms with Gasteiger partial charge in [-0.25, -0.2) is 4.98 Å². The second kappa shape index (κ2) is 8.50. The maximum Gasteiger partial charge on any atom is 0.272 e. The van der Waals surface area contributed by atoms with Crippen LogP contribution in [0.15, 0.2) is 18.3 Å². The summed E-state index contributed by atoms with van der Waals surface area (Å²) in [5, 5.41) is 0. The Morgan fingerprint density at radius 3 is 2.30 bits per heavy atom. The Morgan fingerprint density at radius 1 is 1.17 bits per heavy atom. The minimum Gasteiger partial charge on any atom is -0.367 e. The van der Waals surface area contributed by atoms with Crippen molar-refractivity contribution in [2.45, 2.75) is 26.7 Å². The van der Waals surface area contributed by atoms with Gasteiger partial charge in [0, 0.05) is 39.3 Å². The molecule has 0 atom stereocenters. The Hall–Kier alpha value is -2.11. The van der Waals surface area contributed by atoms with E-state index in [1.807, 2.05) is 17.0 Å². The summed E-state index contributed by atoms with van der Waals surface area (Å²) < 4.78 is 0. The molecule has 1 aliphatic rings. The van der Waals surface area contributed by atoms with Gasteiger partial charge >= 0.3 is 0 Å². The third kappa shape index (κ3) is 4.43. The zero-order valence-electron chi connectivity index (χ0n) is 14.1. The van der Waals surface area contributed by atoms with E-state index in [9.17, 15) is 9.59 Å². The minimum absolute atomic E-state index is 0.00558. The zero-order chi connectivity index (χ0) is 16.7. The lowest BCUT2D eigenvalue weighted by Gasteiger charge is -2.34. The molecule has 0 unspecified atom stereocenters. The van der Waals surface area contributed by atoms with Crippen LogP contribution in [-0.2, 0) is 4.79 Å². The lowest BCUT2D eigenvalue weighted by atomic mass is 10.2. The molecule has 2 amide bonds. The van der Waals surface area contributed by atoms with Gasteiger partial charge in [0.05, 0.1) is 11.9 Å². The Morgan fingerprint density at radius 2 is 1.83 bits per heavy atom. The lowest BCUT2D eigenvalue weighted by molar-refractivity contribution is -0.118. The molecule has 23 heavy (non-hydrogen) atoms. The van der Waals surface area contributed by atoms with E-state index in [1.54, 1.807) is 11.1 Å². The van der Waals surface area contributed by atoms with Gasteiger partial charge in [-0.05, 0) is 25.0 Å². The van der Waals surface area contributed by atoms with Crippen LogP contribution >= 0.6 is 0 Å². The highest BCUT2D eigenvalue weighted by atomic mass is 16.2. The summed E-state index contributed by atoms with van der Waals surface area (Å²) in [7, 11) is 0. The van der Waals surface area contributed by atoms with Crippen LogP contribution in [0.5, 0.6) is 0 Å². The fourth-order valence-corrected chi connectivity index (χ4v) is 2.80. The first-order chi connectivity index (χ1) is 11.2. The second-order valence-corrected chi connectivity index (χ2v) is 5.82. The number of hydrogen-bond acceptors (Lipinski definition) is 4.